The van der Waals surface area contributed by atoms with Crippen molar-refractivity contribution in [3.8, 4) is 0 Å². The molecule has 0 saturated heterocycles. The molecule has 0 spiro atoms. The molecular weight excluding hydrogens is 272 g/mol. The summed E-state index contributed by atoms with van der Waals surface area (Å²) in [5, 5.41) is 17.1. The molecule has 2 aromatic rings. The smallest absolute Gasteiger partial charge is 0.226 e. The van der Waals surface area contributed by atoms with Crippen molar-refractivity contribution in [3.05, 3.63) is 11.6 Å². The maximum Gasteiger partial charge on any atom is 0.226 e. The third-order valence-electron chi connectivity index (χ3n) is 2.04. The van der Waals surface area contributed by atoms with Crippen molar-refractivity contribution in [2.75, 3.05) is 11.1 Å². The Balaban J connectivity index is 1.63. The van der Waals surface area contributed by atoms with Gasteiger partial charge in [0, 0.05) is 30.8 Å². The molecule has 0 aliphatic heterocycles. The van der Waals surface area contributed by atoms with Gasteiger partial charge in [0.1, 0.15) is 0 Å². The monoisotopic (exact) mass is 284 g/mol. The molecule has 1 amide bonds. The van der Waals surface area contributed by atoms with Crippen LogP contribution in [-0.2, 0) is 11.8 Å². The zero-order chi connectivity index (χ0) is 12.8. The number of thioether (sulfide) groups is 1. The average Bonchev–Trinajstić information content (AvgIpc) is 2.97. The molecule has 0 aliphatic rings. The fraction of sp³-hybridized carbons (Fsp3) is 0.444. The van der Waals surface area contributed by atoms with E-state index in [2.05, 4.69) is 25.8 Å². The molecule has 0 atom stereocenters. The van der Waals surface area contributed by atoms with E-state index >= 15 is 0 Å². The number of aryl methyl sites for hydroxylation is 1. The van der Waals surface area contributed by atoms with E-state index in [9.17, 15) is 4.79 Å². The van der Waals surface area contributed by atoms with Gasteiger partial charge in [-0.05, 0) is 16.8 Å². The van der Waals surface area contributed by atoms with Crippen molar-refractivity contribution in [2.24, 2.45) is 7.05 Å². The number of aromatic nitrogens is 5. The van der Waals surface area contributed by atoms with Gasteiger partial charge in [0.05, 0.1) is 0 Å². The molecule has 0 saturated carbocycles. The van der Waals surface area contributed by atoms with E-state index in [0.717, 1.165) is 17.3 Å². The molecule has 0 bridgehead atoms. The molecule has 0 unspecified atom stereocenters. The lowest BCUT2D eigenvalue weighted by Gasteiger charge is -2.01. The van der Waals surface area contributed by atoms with E-state index in [-0.39, 0.29) is 5.91 Å². The number of tetrazole rings is 1. The Morgan fingerprint density at radius 3 is 3.17 bits per heavy atom. The summed E-state index contributed by atoms with van der Waals surface area (Å²) in [4.78, 5) is 15.5. The fourth-order valence-electron chi connectivity index (χ4n) is 1.21. The summed E-state index contributed by atoms with van der Waals surface area (Å²) < 4.78 is 1.61. The highest BCUT2D eigenvalue weighted by atomic mass is 32.2. The van der Waals surface area contributed by atoms with E-state index in [1.807, 2.05) is 5.38 Å². The number of carbonyl (C=O) groups excluding carboxylic acids is 1. The second-order valence-corrected chi connectivity index (χ2v) is 5.38. The summed E-state index contributed by atoms with van der Waals surface area (Å²) in [5.74, 6) is 0.793. The van der Waals surface area contributed by atoms with Crippen molar-refractivity contribution in [1.29, 1.82) is 0 Å². The normalized spacial score (nSPS) is 10.5. The number of nitrogens with one attached hydrogen (secondary N) is 1. The van der Waals surface area contributed by atoms with Crippen LogP contribution in [-0.4, -0.2) is 36.9 Å². The SMILES string of the molecule is Cn1nnnc1SCCCC(=O)Nc1nccs1. The first kappa shape index (κ1) is 13.0. The second kappa shape index (κ2) is 6.45. The summed E-state index contributed by atoms with van der Waals surface area (Å²) >= 11 is 2.95. The number of carbonyl (C=O) groups is 1. The van der Waals surface area contributed by atoms with Crippen molar-refractivity contribution >= 4 is 34.1 Å². The summed E-state index contributed by atoms with van der Waals surface area (Å²) in [6.07, 6.45) is 2.91. The number of anilines is 1. The molecular formula is C9H12N6OS2. The standard InChI is InChI=1S/C9H12N6OS2/c1-15-9(12-13-14-15)18-5-2-3-7(16)11-8-10-4-6-17-8/h4,6H,2-3,5H2,1H3,(H,10,11,16). The Bertz CT molecular complexity index is 497. The third-order valence-corrected chi connectivity index (χ3v) is 3.82. The van der Waals surface area contributed by atoms with E-state index in [4.69, 9.17) is 0 Å². The third kappa shape index (κ3) is 3.77. The maximum absolute atomic E-state index is 11.5. The Kier molecular flexibility index (Phi) is 4.65. The van der Waals surface area contributed by atoms with E-state index in [0.29, 0.717) is 11.6 Å². The van der Waals surface area contributed by atoms with Gasteiger partial charge in [-0.2, -0.15) is 0 Å². The van der Waals surface area contributed by atoms with Crippen LogP contribution in [0.4, 0.5) is 5.13 Å². The van der Waals surface area contributed by atoms with E-state index in [1.165, 1.54) is 23.1 Å². The number of thiazole rings is 1. The lowest BCUT2D eigenvalue weighted by molar-refractivity contribution is -0.116. The molecule has 18 heavy (non-hydrogen) atoms. The maximum atomic E-state index is 11.5. The molecule has 1 N–H and O–H groups in total. The average molecular weight is 284 g/mol. The Morgan fingerprint density at radius 2 is 2.50 bits per heavy atom. The molecule has 7 nitrogen and oxygen atoms in total. The van der Waals surface area contributed by atoms with Crippen LogP contribution in [0.1, 0.15) is 12.8 Å². The van der Waals surface area contributed by atoms with Gasteiger partial charge in [-0.25, -0.2) is 9.67 Å². The van der Waals surface area contributed by atoms with E-state index in [1.54, 1.807) is 17.9 Å². The Labute approximate surface area is 112 Å². The molecule has 0 aliphatic carbocycles. The van der Waals surface area contributed by atoms with Crippen LogP contribution in [0.25, 0.3) is 0 Å². The summed E-state index contributed by atoms with van der Waals surface area (Å²) in [6, 6.07) is 0. The highest BCUT2D eigenvalue weighted by Gasteiger charge is 2.06. The minimum atomic E-state index is -0.0124. The second-order valence-electron chi connectivity index (χ2n) is 3.42. The first-order valence-electron chi connectivity index (χ1n) is 5.30. The molecule has 0 radical (unpaired) electrons. The number of nitrogens with zero attached hydrogens (tertiary/aromatic N) is 5. The van der Waals surface area contributed by atoms with Gasteiger partial charge in [0.25, 0.3) is 0 Å². The van der Waals surface area contributed by atoms with Gasteiger partial charge in [-0.3, -0.25) is 4.79 Å². The molecule has 2 rings (SSSR count). The fourth-order valence-corrected chi connectivity index (χ4v) is 2.54. The van der Waals surface area contributed by atoms with Crippen molar-refractivity contribution in [2.45, 2.75) is 18.0 Å². The first-order valence-corrected chi connectivity index (χ1v) is 7.17. The van der Waals surface area contributed by atoms with Crippen molar-refractivity contribution < 1.29 is 4.79 Å². The van der Waals surface area contributed by atoms with Crippen molar-refractivity contribution in [3.63, 3.8) is 0 Å². The lowest BCUT2D eigenvalue weighted by Crippen LogP contribution is -2.11. The van der Waals surface area contributed by atoms with Crippen LogP contribution in [0, 0.1) is 0 Å². The largest absolute Gasteiger partial charge is 0.302 e. The molecule has 0 fully saturated rings. The highest BCUT2D eigenvalue weighted by Crippen LogP contribution is 2.15. The van der Waals surface area contributed by atoms with Gasteiger partial charge in [-0.15, -0.1) is 16.4 Å². The number of hydrogen-bond donors (Lipinski definition) is 1. The van der Waals surface area contributed by atoms with Crippen LogP contribution in [0.15, 0.2) is 16.7 Å². The molecule has 0 aromatic carbocycles. The molecule has 2 heterocycles. The summed E-state index contributed by atoms with van der Waals surface area (Å²) in [5.41, 5.74) is 0. The predicted octanol–water partition coefficient (Wildman–Crippen LogP) is 1.18. The number of amides is 1. The van der Waals surface area contributed by atoms with Crippen LogP contribution >= 0.6 is 23.1 Å². The molecule has 9 heteroatoms. The number of hydrogen-bond acceptors (Lipinski definition) is 7. The minimum Gasteiger partial charge on any atom is -0.302 e. The summed E-state index contributed by atoms with van der Waals surface area (Å²) in [7, 11) is 1.79. The van der Waals surface area contributed by atoms with E-state index < -0.39 is 0 Å². The molecule has 96 valence electrons. The zero-order valence-corrected chi connectivity index (χ0v) is 11.4. The summed E-state index contributed by atoms with van der Waals surface area (Å²) in [6.45, 7) is 0. The van der Waals surface area contributed by atoms with Crippen LogP contribution < -0.4 is 5.32 Å². The van der Waals surface area contributed by atoms with Gasteiger partial charge >= 0.3 is 0 Å². The van der Waals surface area contributed by atoms with Crippen LogP contribution in [0.2, 0.25) is 0 Å². The topological polar surface area (TPSA) is 85.6 Å². The minimum absolute atomic E-state index is 0.0124. The first-order chi connectivity index (χ1) is 8.75. The van der Waals surface area contributed by atoms with Crippen LogP contribution in [0.5, 0.6) is 0 Å². The van der Waals surface area contributed by atoms with Gasteiger partial charge < -0.3 is 5.32 Å². The van der Waals surface area contributed by atoms with Gasteiger partial charge in [0.2, 0.25) is 11.1 Å². The predicted molar refractivity (Wildman–Crippen MR) is 69.5 cm³/mol. The number of rotatable bonds is 6. The van der Waals surface area contributed by atoms with Gasteiger partial charge in [-0.1, -0.05) is 11.8 Å². The molecule has 2 aromatic heterocycles. The van der Waals surface area contributed by atoms with Crippen LogP contribution in [0.3, 0.4) is 0 Å². The Hall–Kier alpha value is -1.48. The Morgan fingerprint density at radius 1 is 1.61 bits per heavy atom. The highest BCUT2D eigenvalue weighted by molar-refractivity contribution is 7.99. The zero-order valence-electron chi connectivity index (χ0n) is 9.74. The lowest BCUT2D eigenvalue weighted by atomic mass is 10.3. The van der Waals surface area contributed by atoms with Gasteiger partial charge in [0.15, 0.2) is 5.13 Å². The van der Waals surface area contributed by atoms with Crippen molar-refractivity contribution in [1.82, 2.24) is 25.2 Å². The quantitative estimate of drug-likeness (QED) is 0.633.